The highest BCUT2D eigenvalue weighted by molar-refractivity contribution is 5.78. The van der Waals surface area contributed by atoms with E-state index < -0.39 is 17.9 Å². The van der Waals surface area contributed by atoms with Crippen LogP contribution in [-0.2, 0) is 19.2 Å². The number of unbranched alkanes of at least 4 members (excludes halogenated alkanes) is 2. The van der Waals surface area contributed by atoms with E-state index in [1.54, 1.807) is 14.7 Å². The van der Waals surface area contributed by atoms with Crippen LogP contribution in [0.1, 0.15) is 38.5 Å². The molecule has 8 N–H and O–H groups in total. The topological polar surface area (TPSA) is 206 Å². The van der Waals surface area contributed by atoms with Crippen molar-refractivity contribution in [2.75, 3.05) is 91.6 Å². The van der Waals surface area contributed by atoms with Gasteiger partial charge in [0.25, 0.3) is 0 Å². The molecule has 1 aliphatic heterocycles. The van der Waals surface area contributed by atoms with Gasteiger partial charge in [0.2, 0.25) is 5.91 Å². The first-order valence-electron chi connectivity index (χ1n) is 13.9. The molecule has 226 valence electrons. The monoisotopic (exact) mass is 559 g/mol. The molecule has 1 unspecified atom stereocenters. The lowest BCUT2D eigenvalue weighted by molar-refractivity contribution is -0.140. The van der Waals surface area contributed by atoms with Gasteiger partial charge in [-0.2, -0.15) is 0 Å². The van der Waals surface area contributed by atoms with E-state index in [-0.39, 0.29) is 38.1 Å². The second-order valence-electron chi connectivity index (χ2n) is 10.1. The normalized spacial score (nSPS) is 18.1. The van der Waals surface area contributed by atoms with Crippen molar-refractivity contribution in [3.63, 3.8) is 0 Å². The largest absolute Gasteiger partial charge is 0.480 e. The zero-order valence-electron chi connectivity index (χ0n) is 23.1. The minimum absolute atomic E-state index is 0.0125. The van der Waals surface area contributed by atoms with E-state index in [0.717, 1.165) is 38.5 Å². The van der Waals surface area contributed by atoms with Gasteiger partial charge in [-0.1, -0.05) is 12.8 Å². The lowest BCUT2D eigenvalue weighted by atomic mass is 10.0. The third kappa shape index (κ3) is 17.8. The van der Waals surface area contributed by atoms with Crippen molar-refractivity contribution in [1.29, 1.82) is 0 Å². The number of hydrogen-bond donors (Lipinski definition) is 6. The van der Waals surface area contributed by atoms with Gasteiger partial charge < -0.3 is 32.1 Å². The molecule has 1 atom stereocenters. The Morgan fingerprint density at radius 3 is 1.28 bits per heavy atom. The molecule has 39 heavy (non-hydrogen) atoms. The number of carbonyl (C=O) groups is 4. The van der Waals surface area contributed by atoms with E-state index in [4.69, 9.17) is 11.5 Å². The van der Waals surface area contributed by atoms with Gasteiger partial charge in [0.15, 0.2) is 0 Å². The van der Waals surface area contributed by atoms with Gasteiger partial charge in [0.05, 0.1) is 26.2 Å². The van der Waals surface area contributed by atoms with Gasteiger partial charge in [-0.3, -0.25) is 38.8 Å². The number of carbonyl (C=O) groups excluding carboxylic acids is 1. The molecular formula is C25H49N7O7. The fourth-order valence-corrected chi connectivity index (χ4v) is 4.63. The Bertz CT molecular complexity index is 712. The van der Waals surface area contributed by atoms with Crippen LogP contribution in [0.25, 0.3) is 0 Å². The molecule has 1 fully saturated rings. The van der Waals surface area contributed by atoms with Gasteiger partial charge >= 0.3 is 17.9 Å². The van der Waals surface area contributed by atoms with Crippen LogP contribution < -0.4 is 16.8 Å². The Balaban J connectivity index is 2.92. The number of nitrogens with one attached hydrogen (secondary N) is 1. The molecule has 0 aromatic carbocycles. The molecule has 14 heteroatoms. The fraction of sp³-hybridized carbons (Fsp3) is 0.840. The number of carboxylic acid groups (broad SMARTS) is 3. The van der Waals surface area contributed by atoms with Crippen LogP contribution in [0.2, 0.25) is 0 Å². The summed E-state index contributed by atoms with van der Waals surface area (Å²) >= 11 is 0. The zero-order chi connectivity index (χ0) is 29.0. The summed E-state index contributed by atoms with van der Waals surface area (Å²) in [6.45, 7) is 3.56. The molecule has 0 saturated carbocycles. The molecule has 1 rings (SSSR count). The van der Waals surface area contributed by atoms with Gasteiger partial charge in [-0.05, 0) is 38.8 Å². The number of nitrogens with zero attached hydrogens (tertiary/aromatic N) is 4. The Morgan fingerprint density at radius 1 is 0.564 bits per heavy atom. The Kier molecular flexibility index (Phi) is 18.2. The third-order valence-electron chi connectivity index (χ3n) is 6.75. The SMILES string of the molecule is NCCCCCC(CCCN)NC(=O)CN1CCN(CC(=O)O)CCN(CC(=O)O)CCN(CC(=O)O)CC1. The van der Waals surface area contributed by atoms with Crippen molar-refractivity contribution in [3.8, 4) is 0 Å². The molecule has 1 aliphatic rings. The van der Waals surface area contributed by atoms with E-state index in [1.165, 1.54) is 0 Å². The van der Waals surface area contributed by atoms with Crippen molar-refractivity contribution >= 4 is 23.8 Å². The van der Waals surface area contributed by atoms with Gasteiger partial charge in [-0.15, -0.1) is 0 Å². The van der Waals surface area contributed by atoms with Crippen LogP contribution in [0.3, 0.4) is 0 Å². The highest BCUT2D eigenvalue weighted by Crippen LogP contribution is 2.09. The molecule has 14 nitrogen and oxygen atoms in total. The van der Waals surface area contributed by atoms with Crippen molar-refractivity contribution in [2.24, 2.45) is 11.5 Å². The summed E-state index contributed by atoms with van der Waals surface area (Å²) in [6.07, 6.45) is 5.34. The first-order valence-corrected chi connectivity index (χ1v) is 13.9. The predicted octanol–water partition coefficient (Wildman–Crippen LogP) is -1.80. The molecule has 0 aliphatic carbocycles. The summed E-state index contributed by atoms with van der Waals surface area (Å²) in [6, 6.07) is 0.0125. The van der Waals surface area contributed by atoms with Crippen LogP contribution in [0.5, 0.6) is 0 Å². The maximum Gasteiger partial charge on any atom is 0.317 e. The number of nitrogens with two attached hydrogens (primary N) is 2. The fourth-order valence-electron chi connectivity index (χ4n) is 4.63. The third-order valence-corrected chi connectivity index (χ3v) is 6.75. The average Bonchev–Trinajstić information content (AvgIpc) is 2.85. The summed E-state index contributed by atoms with van der Waals surface area (Å²) in [5.41, 5.74) is 11.3. The van der Waals surface area contributed by atoms with E-state index >= 15 is 0 Å². The van der Waals surface area contributed by atoms with E-state index in [9.17, 15) is 34.5 Å². The van der Waals surface area contributed by atoms with Crippen LogP contribution in [-0.4, -0.2) is 156 Å². The first-order chi connectivity index (χ1) is 18.6. The van der Waals surface area contributed by atoms with Crippen LogP contribution in [0.4, 0.5) is 0 Å². The maximum absolute atomic E-state index is 13.0. The lowest BCUT2D eigenvalue weighted by Gasteiger charge is -2.33. The Labute approximate surface area is 231 Å². The summed E-state index contributed by atoms with van der Waals surface area (Å²) in [7, 11) is 0. The highest BCUT2D eigenvalue weighted by Gasteiger charge is 2.22. The summed E-state index contributed by atoms with van der Waals surface area (Å²) < 4.78 is 0. The highest BCUT2D eigenvalue weighted by atomic mass is 16.4. The number of carboxylic acids is 3. The number of rotatable bonds is 17. The number of hydrogen-bond acceptors (Lipinski definition) is 10. The standard InChI is InChI=1S/C25H49N7O7/c26-7-3-1-2-5-21(6-4-8-27)28-22(33)17-29-9-11-30(18-23(34)35)13-15-32(20-25(38)39)16-14-31(12-10-29)19-24(36)37/h21H,1-20,26-27H2,(H,28,33)(H,34,35)(H,36,37)(H,38,39). The van der Waals surface area contributed by atoms with E-state index in [2.05, 4.69) is 5.32 Å². The number of aliphatic carboxylic acids is 3. The van der Waals surface area contributed by atoms with Crippen molar-refractivity contribution in [2.45, 2.75) is 44.6 Å². The Morgan fingerprint density at radius 2 is 0.923 bits per heavy atom. The molecule has 0 radical (unpaired) electrons. The second kappa shape index (κ2) is 20.5. The Hall–Kier alpha value is -2.36. The molecule has 0 aromatic rings. The van der Waals surface area contributed by atoms with Crippen molar-refractivity contribution < 1.29 is 34.5 Å². The minimum Gasteiger partial charge on any atom is -0.480 e. The van der Waals surface area contributed by atoms with Gasteiger partial charge in [0.1, 0.15) is 0 Å². The number of amides is 1. The van der Waals surface area contributed by atoms with Gasteiger partial charge in [0, 0.05) is 58.4 Å². The van der Waals surface area contributed by atoms with Crippen molar-refractivity contribution in [3.05, 3.63) is 0 Å². The second-order valence-corrected chi connectivity index (χ2v) is 10.1. The molecule has 1 heterocycles. The molecule has 0 aromatic heterocycles. The van der Waals surface area contributed by atoms with Crippen LogP contribution >= 0.6 is 0 Å². The van der Waals surface area contributed by atoms with Crippen molar-refractivity contribution in [1.82, 2.24) is 24.9 Å². The molecular weight excluding hydrogens is 510 g/mol. The van der Waals surface area contributed by atoms with Crippen LogP contribution in [0.15, 0.2) is 0 Å². The summed E-state index contributed by atoms with van der Waals surface area (Å²) in [5.74, 6) is -3.11. The smallest absolute Gasteiger partial charge is 0.317 e. The maximum atomic E-state index is 13.0. The van der Waals surface area contributed by atoms with E-state index in [1.807, 2.05) is 4.90 Å². The summed E-state index contributed by atoms with van der Waals surface area (Å²) in [4.78, 5) is 54.3. The van der Waals surface area contributed by atoms with Gasteiger partial charge in [-0.25, -0.2) is 0 Å². The van der Waals surface area contributed by atoms with E-state index in [0.29, 0.717) is 65.4 Å². The molecule has 1 saturated heterocycles. The summed E-state index contributed by atoms with van der Waals surface area (Å²) in [5, 5.41) is 31.1. The minimum atomic E-state index is -1.00. The molecule has 1 amide bonds. The quantitative estimate of drug-likeness (QED) is 0.109. The first kappa shape index (κ1) is 34.7. The van der Waals surface area contributed by atoms with Crippen LogP contribution in [0, 0.1) is 0 Å². The predicted molar refractivity (Wildman–Crippen MR) is 146 cm³/mol. The molecule has 0 bridgehead atoms. The molecule has 0 spiro atoms. The average molecular weight is 560 g/mol. The zero-order valence-corrected chi connectivity index (χ0v) is 23.1. The lowest BCUT2D eigenvalue weighted by Crippen LogP contribution is -2.50.